The van der Waals surface area contributed by atoms with Gasteiger partial charge in [-0.25, -0.2) is 0 Å². The number of para-hydroxylation sites is 3. The topological polar surface area (TPSA) is 94.2 Å². The maximum absolute atomic E-state index is 14.1. The fourth-order valence-electron chi connectivity index (χ4n) is 7.79. The van der Waals surface area contributed by atoms with Crippen molar-refractivity contribution in [2.45, 2.75) is 6.92 Å². The fourth-order valence-corrected chi connectivity index (χ4v) is 7.79. The molecule has 0 saturated carbocycles. The number of hydrogen-bond donors (Lipinski definition) is 0. The number of ketones is 1. The van der Waals surface area contributed by atoms with Crippen molar-refractivity contribution in [3.8, 4) is 0 Å². The van der Waals surface area contributed by atoms with Gasteiger partial charge in [-0.2, -0.15) is 0 Å². The third-order valence-corrected chi connectivity index (χ3v) is 10.0. The number of carbonyl (C=O) groups is 1. The molecule has 0 saturated heterocycles. The van der Waals surface area contributed by atoms with Crippen molar-refractivity contribution in [1.82, 2.24) is 8.80 Å². The molecule has 7 nitrogen and oxygen atoms in total. The van der Waals surface area contributed by atoms with Gasteiger partial charge in [-0.1, -0.05) is 35.9 Å². The van der Waals surface area contributed by atoms with Crippen molar-refractivity contribution in [2.24, 2.45) is 0 Å². The predicted molar refractivity (Wildman–Crippen MR) is 195 cm³/mol. The Labute approximate surface area is 274 Å². The van der Waals surface area contributed by atoms with Gasteiger partial charge in [0.1, 0.15) is 0 Å². The van der Waals surface area contributed by atoms with E-state index in [0.29, 0.717) is 87.3 Å². The SMILES string of the molecule is Cc1ccc2c(c1)c(=O)c1cccc3c(=O)c4cc(C(=O)c5ccc6c(c5)c(=O)c5cccc7c(=O)c8ccccc8n6c75)ccc4n2c13. The van der Waals surface area contributed by atoms with Crippen molar-refractivity contribution >= 4 is 82.0 Å². The van der Waals surface area contributed by atoms with Gasteiger partial charge in [0.05, 0.1) is 33.1 Å². The Balaban J connectivity index is 1.23. The van der Waals surface area contributed by atoms with Gasteiger partial charge in [-0.15, -0.1) is 0 Å². The lowest BCUT2D eigenvalue weighted by Crippen LogP contribution is -2.15. The first-order chi connectivity index (χ1) is 23.8. The highest BCUT2D eigenvalue weighted by Gasteiger charge is 2.21. The summed E-state index contributed by atoms with van der Waals surface area (Å²) in [6, 6.07) is 33.4. The average molecular weight is 635 g/mol. The second kappa shape index (κ2) is 9.42. The van der Waals surface area contributed by atoms with Gasteiger partial charge in [0.15, 0.2) is 27.5 Å². The molecule has 0 N–H and O–H groups in total. The van der Waals surface area contributed by atoms with E-state index in [4.69, 9.17) is 0 Å². The number of aromatic nitrogens is 2. The molecule has 10 aromatic rings. The monoisotopic (exact) mass is 634 g/mol. The zero-order valence-electron chi connectivity index (χ0n) is 25.9. The van der Waals surface area contributed by atoms with Crippen LogP contribution >= 0.6 is 0 Å². The zero-order chi connectivity index (χ0) is 33.3. The highest BCUT2D eigenvalue weighted by atomic mass is 16.1. The Morgan fingerprint density at radius 3 is 1.31 bits per heavy atom. The Bertz CT molecular complexity index is 3400. The van der Waals surface area contributed by atoms with Crippen LogP contribution < -0.4 is 21.7 Å². The normalized spacial score (nSPS) is 12.2. The number of hydrogen-bond acceptors (Lipinski definition) is 5. The molecule has 0 radical (unpaired) electrons. The van der Waals surface area contributed by atoms with Crippen LogP contribution in [0.1, 0.15) is 21.5 Å². The first-order valence-corrected chi connectivity index (χ1v) is 15.9. The summed E-state index contributed by atoms with van der Waals surface area (Å²) in [5.41, 5.74) is 4.37. The zero-order valence-corrected chi connectivity index (χ0v) is 25.9. The molecule has 0 bridgehead atoms. The van der Waals surface area contributed by atoms with Crippen LogP contribution in [-0.4, -0.2) is 14.6 Å². The van der Waals surface area contributed by atoms with Crippen LogP contribution in [0.3, 0.4) is 0 Å². The second-order valence-electron chi connectivity index (χ2n) is 12.7. The Hall–Kier alpha value is -6.73. The molecule has 0 atom stereocenters. The van der Waals surface area contributed by atoms with E-state index >= 15 is 0 Å². The smallest absolute Gasteiger partial charge is 0.197 e. The highest BCUT2D eigenvalue weighted by Crippen LogP contribution is 2.30. The Morgan fingerprint density at radius 1 is 0.408 bits per heavy atom. The lowest BCUT2D eigenvalue weighted by atomic mass is 9.97. The van der Waals surface area contributed by atoms with Crippen LogP contribution in [-0.2, 0) is 0 Å². The highest BCUT2D eigenvalue weighted by molar-refractivity contribution is 6.15. The summed E-state index contributed by atoms with van der Waals surface area (Å²) in [6.07, 6.45) is 0. The third kappa shape index (κ3) is 3.48. The van der Waals surface area contributed by atoms with Crippen LogP contribution in [0.5, 0.6) is 0 Å². The molecule has 0 aliphatic rings. The summed E-state index contributed by atoms with van der Waals surface area (Å²) in [5, 5.41) is 3.49. The van der Waals surface area contributed by atoms with Gasteiger partial charge in [-0.3, -0.25) is 24.0 Å². The molecule has 49 heavy (non-hydrogen) atoms. The molecule has 0 aliphatic heterocycles. The fraction of sp³-hybridized carbons (Fsp3) is 0.0238. The van der Waals surface area contributed by atoms with E-state index in [9.17, 15) is 24.0 Å². The second-order valence-corrected chi connectivity index (χ2v) is 12.7. The molecule has 4 heterocycles. The maximum atomic E-state index is 14.1. The van der Waals surface area contributed by atoms with E-state index in [1.807, 2.05) is 52.1 Å². The van der Waals surface area contributed by atoms with Crippen LogP contribution in [0.15, 0.2) is 134 Å². The van der Waals surface area contributed by atoms with Crippen molar-refractivity contribution < 1.29 is 4.79 Å². The van der Waals surface area contributed by atoms with Gasteiger partial charge >= 0.3 is 0 Å². The minimum atomic E-state index is -0.343. The molecule has 230 valence electrons. The summed E-state index contributed by atoms with van der Waals surface area (Å²) < 4.78 is 3.87. The molecule has 0 aliphatic carbocycles. The predicted octanol–water partition coefficient (Wildman–Crippen LogP) is 6.97. The summed E-state index contributed by atoms with van der Waals surface area (Å²) in [7, 11) is 0. The van der Waals surface area contributed by atoms with Crippen LogP contribution in [0.25, 0.3) is 76.2 Å². The van der Waals surface area contributed by atoms with Crippen molar-refractivity contribution in [3.05, 3.63) is 173 Å². The van der Waals surface area contributed by atoms with Gasteiger partial charge in [0.2, 0.25) is 0 Å². The summed E-state index contributed by atoms with van der Waals surface area (Å²) >= 11 is 0. The van der Waals surface area contributed by atoms with Gasteiger partial charge in [-0.05, 0) is 91.9 Å². The number of carbonyl (C=O) groups excluding carboxylic acids is 1. The number of benzene rings is 6. The molecule has 0 spiro atoms. The van der Waals surface area contributed by atoms with E-state index < -0.39 is 0 Å². The van der Waals surface area contributed by atoms with E-state index in [-0.39, 0.29) is 27.5 Å². The van der Waals surface area contributed by atoms with Crippen molar-refractivity contribution in [3.63, 3.8) is 0 Å². The molecular weight excluding hydrogens is 612 g/mol. The minimum Gasteiger partial charge on any atom is -0.308 e. The minimum absolute atomic E-state index is 0.129. The third-order valence-electron chi connectivity index (χ3n) is 10.0. The van der Waals surface area contributed by atoms with Crippen LogP contribution in [0, 0.1) is 6.92 Å². The number of fused-ring (bicyclic) bond motifs is 8. The molecule has 6 aromatic carbocycles. The molecule has 10 rings (SSSR count). The summed E-state index contributed by atoms with van der Waals surface area (Å²) in [4.78, 5) is 69.0. The van der Waals surface area contributed by atoms with Gasteiger partial charge in [0.25, 0.3) is 0 Å². The molecule has 0 fully saturated rings. The molecular formula is C42H22N2O5. The average Bonchev–Trinajstić information content (AvgIpc) is 3.13. The largest absolute Gasteiger partial charge is 0.308 e. The van der Waals surface area contributed by atoms with Crippen LogP contribution in [0.2, 0.25) is 0 Å². The molecule has 0 unspecified atom stereocenters. The number of rotatable bonds is 2. The first-order valence-electron chi connectivity index (χ1n) is 15.9. The lowest BCUT2D eigenvalue weighted by Gasteiger charge is -2.15. The first kappa shape index (κ1) is 27.4. The lowest BCUT2D eigenvalue weighted by molar-refractivity contribution is 0.103. The van der Waals surface area contributed by atoms with Gasteiger partial charge < -0.3 is 8.80 Å². The summed E-state index contributed by atoms with van der Waals surface area (Å²) in [5.74, 6) is -0.343. The van der Waals surface area contributed by atoms with E-state index in [2.05, 4.69) is 0 Å². The maximum Gasteiger partial charge on any atom is 0.197 e. The number of aryl methyl sites for hydroxylation is 1. The van der Waals surface area contributed by atoms with E-state index in [1.165, 1.54) is 0 Å². The Morgan fingerprint density at radius 2 is 0.796 bits per heavy atom. The number of nitrogens with zero attached hydrogens (tertiary/aromatic N) is 2. The molecule has 0 amide bonds. The van der Waals surface area contributed by atoms with Crippen LogP contribution in [0.4, 0.5) is 0 Å². The quantitative estimate of drug-likeness (QED) is 0.116. The Kier molecular flexibility index (Phi) is 5.27. The molecule has 7 heteroatoms. The van der Waals surface area contributed by atoms with E-state index in [1.54, 1.807) is 78.9 Å². The van der Waals surface area contributed by atoms with Crippen molar-refractivity contribution in [2.75, 3.05) is 0 Å². The number of pyridine rings is 4. The van der Waals surface area contributed by atoms with E-state index in [0.717, 1.165) is 5.56 Å². The standard InChI is InChI=1S/C42H22N2O5/c1-21-12-15-33-29(18-21)40(47)26-8-5-10-28-37(26)44(33)35-17-14-23(20-31(35)42(28)49)38(45)22-13-16-34-30(19-22)41(48)27-9-4-7-25-36(27)43(34)32-11-3-2-6-24(32)39(25)46/h2-20H,1H3. The van der Waals surface area contributed by atoms with Crippen molar-refractivity contribution in [1.29, 1.82) is 0 Å². The summed E-state index contributed by atoms with van der Waals surface area (Å²) in [6.45, 7) is 1.93. The molecule has 4 aromatic heterocycles. The van der Waals surface area contributed by atoms with Gasteiger partial charge in [0, 0.05) is 54.2 Å².